The molecule has 0 fully saturated rings. The summed E-state index contributed by atoms with van der Waals surface area (Å²) >= 11 is 0. The fourth-order valence-electron chi connectivity index (χ4n) is 3.40. The normalized spacial score (nSPS) is 12.9. The summed E-state index contributed by atoms with van der Waals surface area (Å²) in [5, 5.41) is 2.76. The number of anilines is 2. The van der Waals surface area contributed by atoms with Crippen molar-refractivity contribution in [3.8, 4) is 5.75 Å². The largest absolute Gasteiger partial charge is 0.493 e. The summed E-state index contributed by atoms with van der Waals surface area (Å²) in [5.74, 6) is -0.402. The van der Waals surface area contributed by atoms with Crippen molar-refractivity contribution in [3.63, 3.8) is 0 Å². The van der Waals surface area contributed by atoms with Crippen molar-refractivity contribution < 1.29 is 19.1 Å². The summed E-state index contributed by atoms with van der Waals surface area (Å²) in [7, 11) is 0. The number of para-hydroxylation sites is 1. The Balaban J connectivity index is 1.50. The Kier molecular flexibility index (Phi) is 5.62. The van der Waals surface area contributed by atoms with Crippen LogP contribution in [0.2, 0.25) is 0 Å². The zero-order chi connectivity index (χ0) is 21.8. The number of hydrogen-bond acceptors (Lipinski definition) is 4. The number of amides is 3. The number of nitrogens with one attached hydrogen (secondary N) is 1. The van der Waals surface area contributed by atoms with Crippen molar-refractivity contribution in [2.24, 2.45) is 0 Å². The van der Waals surface area contributed by atoms with Gasteiger partial charge >= 0.3 is 0 Å². The molecule has 154 valence electrons. The molecule has 1 N–H and O–H groups in total. The van der Waals surface area contributed by atoms with Crippen LogP contribution < -0.4 is 15.0 Å². The summed E-state index contributed by atoms with van der Waals surface area (Å²) in [6, 6.07) is 20.8. The van der Waals surface area contributed by atoms with Crippen LogP contribution in [-0.2, 0) is 4.79 Å². The lowest BCUT2D eigenvalue weighted by atomic mass is 10.1. The number of fused-ring (bicyclic) bond motifs is 1. The summed E-state index contributed by atoms with van der Waals surface area (Å²) < 4.78 is 5.55. The monoisotopic (exact) mass is 412 g/mol. The van der Waals surface area contributed by atoms with Crippen molar-refractivity contribution in [2.45, 2.75) is 6.92 Å². The number of imide groups is 1. The first-order chi connectivity index (χ1) is 15.1. The molecule has 0 aliphatic carbocycles. The Hall–Kier alpha value is -4.19. The van der Waals surface area contributed by atoms with Crippen LogP contribution in [0.1, 0.15) is 33.2 Å². The van der Waals surface area contributed by atoms with E-state index in [-0.39, 0.29) is 17.7 Å². The third kappa shape index (κ3) is 4.09. The van der Waals surface area contributed by atoms with Gasteiger partial charge in [-0.25, -0.2) is 4.90 Å². The molecule has 0 unspecified atom stereocenters. The van der Waals surface area contributed by atoms with Gasteiger partial charge in [0.1, 0.15) is 5.75 Å². The van der Waals surface area contributed by atoms with Gasteiger partial charge in [0.15, 0.2) is 0 Å². The maximum absolute atomic E-state index is 12.7. The van der Waals surface area contributed by atoms with E-state index < -0.39 is 0 Å². The third-order valence-electron chi connectivity index (χ3n) is 4.80. The molecule has 3 amide bonds. The Morgan fingerprint density at radius 2 is 1.61 bits per heavy atom. The second-order valence-corrected chi connectivity index (χ2v) is 6.84. The number of benzene rings is 3. The molecule has 31 heavy (non-hydrogen) atoms. The van der Waals surface area contributed by atoms with Crippen molar-refractivity contribution in [2.75, 3.05) is 16.8 Å². The Bertz CT molecular complexity index is 1160. The van der Waals surface area contributed by atoms with Gasteiger partial charge in [0.05, 0.1) is 23.4 Å². The van der Waals surface area contributed by atoms with E-state index in [1.165, 1.54) is 6.08 Å². The van der Waals surface area contributed by atoms with Crippen LogP contribution in [0, 0.1) is 0 Å². The summed E-state index contributed by atoms with van der Waals surface area (Å²) in [6.45, 7) is 2.43. The van der Waals surface area contributed by atoms with Gasteiger partial charge < -0.3 is 10.1 Å². The first kappa shape index (κ1) is 20.1. The molecular weight excluding hydrogens is 392 g/mol. The minimum Gasteiger partial charge on any atom is -0.493 e. The highest BCUT2D eigenvalue weighted by atomic mass is 16.5. The average molecular weight is 412 g/mol. The highest BCUT2D eigenvalue weighted by Gasteiger charge is 2.36. The average Bonchev–Trinajstić information content (AvgIpc) is 3.04. The zero-order valence-corrected chi connectivity index (χ0v) is 16.9. The first-order valence-electron chi connectivity index (χ1n) is 9.87. The van der Waals surface area contributed by atoms with E-state index in [1.807, 2.05) is 31.2 Å². The molecule has 1 aliphatic rings. The maximum atomic E-state index is 12.7. The van der Waals surface area contributed by atoms with Crippen molar-refractivity contribution in [3.05, 3.63) is 95.6 Å². The molecular formula is C25H20N2O4. The van der Waals surface area contributed by atoms with Gasteiger partial charge in [-0.2, -0.15) is 0 Å². The number of carbonyl (C=O) groups is 3. The summed E-state index contributed by atoms with van der Waals surface area (Å²) in [5.41, 5.74) is 2.41. The van der Waals surface area contributed by atoms with Gasteiger partial charge in [0, 0.05) is 17.3 Å². The molecule has 1 aliphatic heterocycles. The topological polar surface area (TPSA) is 75.7 Å². The number of nitrogens with zero attached hydrogens (tertiary/aromatic N) is 1. The molecule has 6 heteroatoms. The number of ether oxygens (including phenoxy) is 1. The van der Waals surface area contributed by atoms with Crippen molar-refractivity contribution in [1.82, 2.24) is 0 Å². The van der Waals surface area contributed by atoms with Gasteiger partial charge in [-0.3, -0.25) is 14.4 Å². The lowest BCUT2D eigenvalue weighted by Crippen LogP contribution is -2.29. The molecule has 3 aromatic rings. The Morgan fingerprint density at radius 1 is 0.935 bits per heavy atom. The highest BCUT2D eigenvalue weighted by Crippen LogP contribution is 2.29. The van der Waals surface area contributed by atoms with E-state index in [2.05, 4.69) is 5.32 Å². The van der Waals surface area contributed by atoms with Crippen LogP contribution >= 0.6 is 0 Å². The summed E-state index contributed by atoms with van der Waals surface area (Å²) in [4.78, 5) is 38.9. The standard InChI is InChI=1S/C25H20N2O4/c1-2-31-22-13-6-3-8-17(22)14-15-23(28)26-18-9-7-10-19(16-18)27-24(29)20-11-4-5-12-21(20)25(27)30/h3-16H,2H2,1H3,(H,26,28)/b15-14+. The van der Waals surface area contributed by atoms with Crippen LogP contribution in [-0.4, -0.2) is 24.3 Å². The maximum Gasteiger partial charge on any atom is 0.266 e. The lowest BCUT2D eigenvalue weighted by Gasteiger charge is -2.15. The van der Waals surface area contributed by atoms with Crippen LogP contribution in [0.25, 0.3) is 6.08 Å². The quantitative estimate of drug-likeness (QED) is 0.476. The van der Waals surface area contributed by atoms with Crippen molar-refractivity contribution in [1.29, 1.82) is 0 Å². The summed E-state index contributed by atoms with van der Waals surface area (Å²) in [6.07, 6.45) is 3.08. The van der Waals surface area contributed by atoms with Crippen LogP contribution in [0.5, 0.6) is 5.75 Å². The van der Waals surface area contributed by atoms with Gasteiger partial charge in [-0.1, -0.05) is 36.4 Å². The second kappa shape index (κ2) is 8.67. The smallest absolute Gasteiger partial charge is 0.266 e. The van der Waals surface area contributed by atoms with Crippen LogP contribution in [0.3, 0.4) is 0 Å². The van der Waals surface area contributed by atoms with E-state index in [1.54, 1.807) is 54.6 Å². The van der Waals surface area contributed by atoms with Gasteiger partial charge in [-0.05, 0) is 49.4 Å². The number of carbonyl (C=O) groups excluding carboxylic acids is 3. The molecule has 0 bridgehead atoms. The van der Waals surface area contributed by atoms with Crippen molar-refractivity contribution >= 4 is 35.2 Å². The molecule has 4 rings (SSSR count). The molecule has 6 nitrogen and oxygen atoms in total. The van der Waals surface area contributed by atoms with Crippen LogP contribution in [0.4, 0.5) is 11.4 Å². The van der Waals surface area contributed by atoms with Crippen LogP contribution in [0.15, 0.2) is 78.9 Å². The van der Waals surface area contributed by atoms with E-state index in [0.717, 1.165) is 10.5 Å². The molecule has 0 atom stereocenters. The fourth-order valence-corrected chi connectivity index (χ4v) is 3.40. The molecule has 0 spiro atoms. The predicted octanol–water partition coefficient (Wildman–Crippen LogP) is 4.54. The van der Waals surface area contributed by atoms with Gasteiger partial charge in [0.2, 0.25) is 5.91 Å². The minimum absolute atomic E-state index is 0.342. The fraction of sp³-hybridized carbons (Fsp3) is 0.0800. The second-order valence-electron chi connectivity index (χ2n) is 6.84. The van der Waals surface area contributed by atoms with E-state index in [9.17, 15) is 14.4 Å². The van der Waals surface area contributed by atoms with E-state index >= 15 is 0 Å². The molecule has 0 radical (unpaired) electrons. The Labute approximate surface area is 179 Å². The molecule has 0 saturated carbocycles. The third-order valence-corrected chi connectivity index (χ3v) is 4.80. The Morgan fingerprint density at radius 3 is 2.32 bits per heavy atom. The van der Waals surface area contributed by atoms with E-state index in [4.69, 9.17) is 4.74 Å². The molecule has 0 saturated heterocycles. The lowest BCUT2D eigenvalue weighted by molar-refractivity contribution is -0.111. The van der Waals surface area contributed by atoms with Gasteiger partial charge in [-0.15, -0.1) is 0 Å². The molecule has 1 heterocycles. The van der Waals surface area contributed by atoms with E-state index in [0.29, 0.717) is 34.9 Å². The minimum atomic E-state index is -0.378. The zero-order valence-electron chi connectivity index (χ0n) is 16.9. The molecule has 0 aromatic heterocycles. The SMILES string of the molecule is CCOc1ccccc1/C=C/C(=O)Nc1cccc(N2C(=O)c3ccccc3C2=O)c1. The predicted molar refractivity (Wildman–Crippen MR) is 119 cm³/mol. The highest BCUT2D eigenvalue weighted by molar-refractivity contribution is 6.34. The first-order valence-corrected chi connectivity index (χ1v) is 9.87. The number of rotatable bonds is 6. The number of hydrogen-bond donors (Lipinski definition) is 1. The van der Waals surface area contributed by atoms with Gasteiger partial charge in [0.25, 0.3) is 11.8 Å². The molecule has 3 aromatic carbocycles.